The fourth-order valence-corrected chi connectivity index (χ4v) is 4.85. The molecule has 17 nitrogen and oxygen atoms in total. The minimum Gasteiger partial charge on any atom is -0.480 e. The Labute approximate surface area is 297 Å². The molecule has 0 spiro atoms. The normalized spacial score (nSPS) is 13.7. The smallest absolute Gasteiger partial charge is 0.422 e. The number of carboxylic acid groups (broad SMARTS) is 1. The van der Waals surface area contributed by atoms with E-state index in [0.29, 0.717) is 23.6 Å². The molecule has 2 aromatic heterocycles. The zero-order valence-electron chi connectivity index (χ0n) is 27.0. The zero-order valence-corrected chi connectivity index (χ0v) is 27.7. The Bertz CT molecular complexity index is 1880. The van der Waals surface area contributed by atoms with Gasteiger partial charge in [0.05, 0.1) is 12.1 Å². The van der Waals surface area contributed by atoms with Crippen molar-refractivity contribution >= 4 is 52.9 Å². The fraction of sp³-hybridized carbons (Fsp3) is 0.323. The molecule has 1 saturated carbocycles. The van der Waals surface area contributed by atoms with Gasteiger partial charge in [-0.25, -0.2) is 9.78 Å². The lowest BCUT2D eigenvalue weighted by molar-refractivity contribution is -0.154. The lowest BCUT2D eigenvalue weighted by Gasteiger charge is -2.19. The number of carbonyl (C=O) groups is 4. The number of hydrogen-bond donors (Lipinski definition) is 6. The summed E-state index contributed by atoms with van der Waals surface area (Å²) in [6.07, 6.45) is -0.713. The largest absolute Gasteiger partial charge is 0.480 e. The number of ether oxygens (including phenoxy) is 1. The number of benzene rings is 2. The van der Waals surface area contributed by atoms with Gasteiger partial charge in [-0.2, -0.15) is 33.2 Å². The number of nitrogens with one attached hydrogen (secondary N) is 5. The maximum Gasteiger partial charge on any atom is 0.422 e. The van der Waals surface area contributed by atoms with Crippen LogP contribution in [0.4, 0.5) is 30.8 Å². The molecular formula is C31H31ClF3N11O6. The van der Waals surface area contributed by atoms with E-state index in [0.717, 1.165) is 5.56 Å². The molecule has 1 atom stereocenters. The topological polar surface area (TPSA) is 227 Å². The van der Waals surface area contributed by atoms with Crippen LogP contribution in [0.25, 0.3) is 0 Å². The average molecular weight is 746 g/mol. The van der Waals surface area contributed by atoms with E-state index in [1.807, 2.05) is 12.1 Å². The van der Waals surface area contributed by atoms with Crippen molar-refractivity contribution in [3.05, 3.63) is 77.3 Å². The maximum absolute atomic E-state index is 12.9. The van der Waals surface area contributed by atoms with E-state index < -0.39 is 54.1 Å². The SMILES string of the molecule is O=C(NCC[C@H](NC(=O)c1ccc(Nc2nc(NC3(c4ccc(Cl)cc4)CC3)nc(OCC(F)(F)F)n2)cc1)C(=O)O)C(=O)NCCn1cncn1. The van der Waals surface area contributed by atoms with E-state index in [9.17, 15) is 37.5 Å². The van der Waals surface area contributed by atoms with Gasteiger partial charge in [0.1, 0.15) is 18.7 Å². The molecule has 274 valence electrons. The van der Waals surface area contributed by atoms with E-state index >= 15 is 0 Å². The van der Waals surface area contributed by atoms with Crippen LogP contribution in [-0.2, 0) is 26.5 Å². The molecule has 2 aromatic carbocycles. The lowest BCUT2D eigenvalue weighted by atomic mass is 10.1. The van der Waals surface area contributed by atoms with Gasteiger partial charge in [-0.05, 0) is 61.2 Å². The predicted octanol–water partition coefficient (Wildman–Crippen LogP) is 2.41. The van der Waals surface area contributed by atoms with E-state index in [1.54, 1.807) is 12.1 Å². The lowest BCUT2D eigenvalue weighted by Crippen LogP contribution is -2.45. The molecule has 1 aliphatic carbocycles. The summed E-state index contributed by atoms with van der Waals surface area (Å²) in [7, 11) is 0. The Hall–Kier alpha value is -6.05. The van der Waals surface area contributed by atoms with Crippen LogP contribution in [0.1, 0.15) is 35.2 Å². The van der Waals surface area contributed by atoms with E-state index in [2.05, 4.69) is 51.6 Å². The van der Waals surface area contributed by atoms with Crippen molar-refractivity contribution in [1.82, 2.24) is 45.7 Å². The van der Waals surface area contributed by atoms with Crippen LogP contribution in [0.3, 0.4) is 0 Å². The number of carbonyl (C=O) groups excluding carboxylic acids is 3. The number of rotatable bonds is 16. The van der Waals surface area contributed by atoms with E-state index in [1.165, 1.54) is 41.6 Å². The number of anilines is 3. The second-order valence-corrected chi connectivity index (χ2v) is 11.8. The van der Waals surface area contributed by atoms with Gasteiger partial charge in [-0.1, -0.05) is 23.7 Å². The van der Waals surface area contributed by atoms with Gasteiger partial charge < -0.3 is 36.4 Å². The van der Waals surface area contributed by atoms with Gasteiger partial charge in [-0.3, -0.25) is 19.1 Å². The summed E-state index contributed by atoms with van der Waals surface area (Å²) in [6, 6.07) is 10.7. The molecule has 0 unspecified atom stereocenters. The Balaban J connectivity index is 1.17. The quantitative estimate of drug-likeness (QED) is 0.0907. The number of carboxylic acids is 1. The predicted molar refractivity (Wildman–Crippen MR) is 177 cm³/mol. The van der Waals surface area contributed by atoms with Crippen LogP contribution in [0.2, 0.25) is 5.02 Å². The first-order valence-electron chi connectivity index (χ1n) is 15.6. The van der Waals surface area contributed by atoms with Crippen molar-refractivity contribution in [3.8, 4) is 6.01 Å². The molecule has 0 bridgehead atoms. The first-order chi connectivity index (χ1) is 24.8. The minimum absolute atomic E-state index is 0.0437. The number of aromatic nitrogens is 6. The molecule has 1 fully saturated rings. The Kier molecular flexibility index (Phi) is 11.7. The van der Waals surface area contributed by atoms with Gasteiger partial charge in [0.15, 0.2) is 6.61 Å². The van der Waals surface area contributed by atoms with Crippen molar-refractivity contribution in [3.63, 3.8) is 0 Å². The highest BCUT2D eigenvalue weighted by Crippen LogP contribution is 2.48. The van der Waals surface area contributed by atoms with E-state index in [-0.39, 0.29) is 43.5 Å². The number of amides is 3. The summed E-state index contributed by atoms with van der Waals surface area (Å²) in [5.74, 6) is -4.23. The summed E-state index contributed by atoms with van der Waals surface area (Å²) in [5.41, 5.74) is 0.713. The molecule has 0 aliphatic heterocycles. The third kappa shape index (κ3) is 10.7. The van der Waals surface area contributed by atoms with Gasteiger partial charge in [0, 0.05) is 29.4 Å². The van der Waals surface area contributed by atoms with Crippen LogP contribution in [0.15, 0.2) is 61.2 Å². The zero-order chi connectivity index (χ0) is 37.3. The molecule has 4 aromatic rings. The molecule has 6 N–H and O–H groups in total. The highest BCUT2D eigenvalue weighted by molar-refractivity contribution is 6.35. The van der Waals surface area contributed by atoms with Crippen molar-refractivity contribution < 1.29 is 42.2 Å². The molecule has 21 heteroatoms. The highest BCUT2D eigenvalue weighted by Gasteiger charge is 2.45. The summed E-state index contributed by atoms with van der Waals surface area (Å²) in [5, 5.41) is 27.1. The summed E-state index contributed by atoms with van der Waals surface area (Å²) in [4.78, 5) is 64.7. The number of alkyl halides is 3. The molecular weight excluding hydrogens is 715 g/mol. The first-order valence-corrected chi connectivity index (χ1v) is 16.0. The van der Waals surface area contributed by atoms with E-state index in [4.69, 9.17) is 16.3 Å². The average Bonchev–Trinajstić information content (AvgIpc) is 3.68. The molecule has 1 aliphatic rings. The van der Waals surface area contributed by atoms with Gasteiger partial charge in [0.2, 0.25) is 11.9 Å². The summed E-state index contributed by atoms with van der Waals surface area (Å²) in [6.45, 7) is -1.47. The second kappa shape index (κ2) is 16.3. The Morgan fingerprint density at radius 3 is 2.23 bits per heavy atom. The number of hydrogen-bond acceptors (Lipinski definition) is 12. The third-order valence-corrected chi connectivity index (χ3v) is 7.75. The monoisotopic (exact) mass is 745 g/mol. The number of halogens is 4. The summed E-state index contributed by atoms with van der Waals surface area (Å²) < 4.78 is 45.0. The molecule has 5 rings (SSSR count). The van der Waals surface area contributed by atoms with Gasteiger partial charge >= 0.3 is 30.0 Å². The van der Waals surface area contributed by atoms with Crippen LogP contribution in [0, 0.1) is 0 Å². The van der Waals surface area contributed by atoms with Crippen LogP contribution < -0.4 is 31.3 Å². The fourth-order valence-electron chi connectivity index (χ4n) is 4.73. The van der Waals surface area contributed by atoms with Gasteiger partial charge in [-0.15, -0.1) is 0 Å². The van der Waals surface area contributed by atoms with Crippen LogP contribution >= 0.6 is 11.6 Å². The minimum atomic E-state index is -4.64. The third-order valence-electron chi connectivity index (χ3n) is 7.50. The summed E-state index contributed by atoms with van der Waals surface area (Å²) >= 11 is 6.01. The highest BCUT2D eigenvalue weighted by atomic mass is 35.5. The van der Waals surface area contributed by atoms with Crippen LogP contribution in [0.5, 0.6) is 6.01 Å². The van der Waals surface area contributed by atoms with Crippen LogP contribution in [-0.4, -0.2) is 90.4 Å². The van der Waals surface area contributed by atoms with Crippen molar-refractivity contribution in [2.24, 2.45) is 0 Å². The van der Waals surface area contributed by atoms with Gasteiger partial charge in [0.25, 0.3) is 5.91 Å². The molecule has 3 amide bonds. The standard InChI is InChI=1S/C31H31ClF3N11O6/c32-20-5-3-19(4-6-20)30(10-11-30)45-28-42-27(43-29(44-28)52-15-31(33,34)35)40-21-7-1-18(2-8-21)23(47)41-22(26(50)51)9-12-37-24(48)25(49)38-13-14-46-17-36-16-39-46/h1-8,16-17,22H,9-15H2,(H,37,48)(H,38,49)(H,41,47)(H,50,51)(H2,40,42,43,44,45)/t22-/m0/s1. The maximum atomic E-state index is 12.9. The second-order valence-electron chi connectivity index (χ2n) is 11.4. The molecule has 52 heavy (non-hydrogen) atoms. The van der Waals surface area contributed by atoms with Crippen molar-refractivity contribution in [2.75, 3.05) is 30.3 Å². The molecule has 0 radical (unpaired) electrons. The molecule has 2 heterocycles. The Morgan fingerprint density at radius 1 is 0.942 bits per heavy atom. The number of aliphatic carboxylic acids is 1. The first kappa shape index (κ1) is 37.2. The Morgan fingerprint density at radius 2 is 1.62 bits per heavy atom. The van der Waals surface area contributed by atoms with Crippen molar-refractivity contribution in [1.29, 1.82) is 0 Å². The van der Waals surface area contributed by atoms with Crippen molar-refractivity contribution in [2.45, 2.75) is 43.6 Å². The number of nitrogens with zero attached hydrogens (tertiary/aromatic N) is 6. The molecule has 0 saturated heterocycles.